The number of halogens is 1. The van der Waals surface area contributed by atoms with Crippen molar-refractivity contribution in [3.8, 4) is 0 Å². The van der Waals surface area contributed by atoms with Crippen molar-refractivity contribution in [2.75, 3.05) is 5.32 Å². The van der Waals surface area contributed by atoms with E-state index in [-0.39, 0.29) is 11.3 Å². The van der Waals surface area contributed by atoms with Gasteiger partial charge in [0, 0.05) is 30.6 Å². The number of hydrogen-bond acceptors (Lipinski definition) is 4. The van der Waals surface area contributed by atoms with Gasteiger partial charge in [0.1, 0.15) is 11.6 Å². The third-order valence-electron chi connectivity index (χ3n) is 2.83. The lowest BCUT2D eigenvalue weighted by Crippen LogP contribution is -2.28. The van der Waals surface area contributed by atoms with Crippen LogP contribution in [0.1, 0.15) is 31.2 Å². The fourth-order valence-corrected chi connectivity index (χ4v) is 2.11. The molecule has 1 aliphatic rings. The second-order valence-electron chi connectivity index (χ2n) is 4.12. The molecular weight excluding hydrogens is 238 g/mol. The molecule has 1 saturated carbocycles. The lowest BCUT2D eigenvalue weighted by molar-refractivity contribution is -0.120. The van der Waals surface area contributed by atoms with Gasteiger partial charge < -0.3 is 5.32 Å². The summed E-state index contributed by atoms with van der Waals surface area (Å²) >= 11 is 5.76. The van der Waals surface area contributed by atoms with Crippen molar-refractivity contribution in [2.45, 2.75) is 31.7 Å². The van der Waals surface area contributed by atoms with Crippen LogP contribution in [-0.4, -0.2) is 21.8 Å². The summed E-state index contributed by atoms with van der Waals surface area (Å²) in [5, 5.41) is 3.44. The van der Waals surface area contributed by atoms with Gasteiger partial charge in [0.25, 0.3) is 0 Å². The largest absolute Gasteiger partial charge is 0.366 e. The smallest absolute Gasteiger partial charge is 0.224 e. The van der Waals surface area contributed by atoms with Crippen molar-refractivity contribution in [3.05, 3.63) is 23.6 Å². The van der Waals surface area contributed by atoms with Crippen LogP contribution in [0.3, 0.4) is 0 Å². The molecule has 1 fully saturated rings. The van der Waals surface area contributed by atoms with E-state index < -0.39 is 0 Å². The molecule has 0 bridgehead atoms. The summed E-state index contributed by atoms with van der Waals surface area (Å²) in [6.07, 6.45) is 6.44. The van der Waals surface area contributed by atoms with E-state index in [1.54, 1.807) is 12.3 Å². The highest BCUT2D eigenvalue weighted by molar-refractivity contribution is 6.28. The Morgan fingerprint density at radius 2 is 2.41 bits per heavy atom. The minimum Gasteiger partial charge on any atom is -0.366 e. The number of rotatable bonds is 3. The predicted molar refractivity (Wildman–Crippen MR) is 68.0 cm³/mol. The molecule has 0 unspecified atom stereocenters. The van der Waals surface area contributed by atoms with E-state index in [0.29, 0.717) is 24.4 Å². The molecule has 0 radical (unpaired) electrons. The number of aromatic nitrogens is 2. The number of hydrogen-bond donors (Lipinski definition) is 1. The zero-order valence-electron chi connectivity index (χ0n) is 9.45. The topological polar surface area (TPSA) is 54.9 Å². The third-order valence-corrected chi connectivity index (χ3v) is 3.01. The van der Waals surface area contributed by atoms with Crippen LogP contribution in [-0.2, 0) is 4.79 Å². The molecule has 1 aromatic heterocycles. The van der Waals surface area contributed by atoms with E-state index >= 15 is 0 Å². The molecule has 17 heavy (non-hydrogen) atoms. The van der Waals surface area contributed by atoms with Crippen molar-refractivity contribution in [1.29, 1.82) is 0 Å². The van der Waals surface area contributed by atoms with E-state index in [1.165, 1.54) is 0 Å². The van der Waals surface area contributed by atoms with Gasteiger partial charge in [-0.05, 0) is 24.4 Å². The number of nitrogens with one attached hydrogen (secondary N) is 1. The van der Waals surface area contributed by atoms with Crippen LogP contribution in [0.4, 0.5) is 5.82 Å². The molecule has 4 nitrogen and oxygen atoms in total. The standard InChI is InChI=1S/C12H14ClN3O/c1-2-8-7-14-12(13)16-11(8)15-9-4-3-5-10(17)6-9/h2,7,9H,1,3-6H2,(H,14,15,16)/t9-/m0/s1. The first kappa shape index (κ1) is 12.0. The van der Waals surface area contributed by atoms with Gasteiger partial charge in [-0.15, -0.1) is 0 Å². The summed E-state index contributed by atoms with van der Waals surface area (Å²) in [6.45, 7) is 3.70. The highest BCUT2D eigenvalue weighted by Gasteiger charge is 2.20. The Hall–Kier alpha value is -1.42. The maximum atomic E-state index is 11.4. The van der Waals surface area contributed by atoms with E-state index in [0.717, 1.165) is 18.4 Å². The van der Waals surface area contributed by atoms with Gasteiger partial charge in [-0.25, -0.2) is 9.97 Å². The van der Waals surface area contributed by atoms with Crippen molar-refractivity contribution >= 4 is 29.3 Å². The van der Waals surface area contributed by atoms with Gasteiger partial charge in [-0.2, -0.15) is 0 Å². The quantitative estimate of drug-likeness (QED) is 0.840. The SMILES string of the molecule is C=Cc1cnc(Cl)nc1N[C@H]1CCCC(=O)C1. The zero-order valence-corrected chi connectivity index (χ0v) is 10.2. The van der Waals surface area contributed by atoms with Gasteiger partial charge in [0.2, 0.25) is 5.28 Å². The van der Waals surface area contributed by atoms with Gasteiger partial charge in [0.15, 0.2) is 0 Å². The van der Waals surface area contributed by atoms with E-state index in [9.17, 15) is 4.79 Å². The van der Waals surface area contributed by atoms with Crippen molar-refractivity contribution in [3.63, 3.8) is 0 Å². The summed E-state index contributed by atoms with van der Waals surface area (Å²) < 4.78 is 0. The van der Waals surface area contributed by atoms with Crippen LogP contribution < -0.4 is 5.32 Å². The number of Topliss-reactive ketones (excluding diaryl/α,β-unsaturated/α-hetero) is 1. The monoisotopic (exact) mass is 251 g/mol. The summed E-state index contributed by atoms with van der Waals surface area (Å²) in [6, 6.07) is 0.140. The molecule has 90 valence electrons. The molecule has 5 heteroatoms. The fraction of sp³-hybridized carbons (Fsp3) is 0.417. The first-order chi connectivity index (χ1) is 8.19. The normalized spacial score (nSPS) is 20.1. The average Bonchev–Trinajstić information content (AvgIpc) is 2.29. The molecule has 1 heterocycles. The molecule has 1 atom stereocenters. The summed E-state index contributed by atoms with van der Waals surface area (Å²) in [5.74, 6) is 0.953. The van der Waals surface area contributed by atoms with Gasteiger partial charge in [-0.3, -0.25) is 4.79 Å². The number of nitrogens with zero attached hydrogens (tertiary/aromatic N) is 2. The Morgan fingerprint density at radius 3 is 3.12 bits per heavy atom. The first-order valence-electron chi connectivity index (χ1n) is 5.62. The lowest BCUT2D eigenvalue weighted by atomic mass is 9.94. The minimum absolute atomic E-state index is 0.140. The lowest BCUT2D eigenvalue weighted by Gasteiger charge is -2.23. The molecule has 1 aliphatic carbocycles. The number of ketones is 1. The maximum absolute atomic E-state index is 11.4. The highest BCUT2D eigenvalue weighted by atomic mass is 35.5. The Morgan fingerprint density at radius 1 is 1.59 bits per heavy atom. The van der Waals surface area contributed by atoms with Gasteiger partial charge >= 0.3 is 0 Å². The first-order valence-corrected chi connectivity index (χ1v) is 6.00. The van der Waals surface area contributed by atoms with Crippen molar-refractivity contribution < 1.29 is 4.79 Å². The molecular formula is C12H14ClN3O. The maximum Gasteiger partial charge on any atom is 0.224 e. The number of carbonyl (C=O) groups is 1. The van der Waals surface area contributed by atoms with Crippen LogP contribution >= 0.6 is 11.6 Å². The average molecular weight is 252 g/mol. The minimum atomic E-state index is 0.140. The predicted octanol–water partition coefficient (Wildman–Crippen LogP) is 2.70. The van der Waals surface area contributed by atoms with Crippen LogP contribution in [0.15, 0.2) is 12.8 Å². The van der Waals surface area contributed by atoms with Crippen molar-refractivity contribution in [2.24, 2.45) is 0 Å². The number of carbonyl (C=O) groups excluding carboxylic acids is 1. The van der Waals surface area contributed by atoms with Crippen molar-refractivity contribution in [1.82, 2.24) is 9.97 Å². The molecule has 0 amide bonds. The van der Waals surface area contributed by atoms with Crippen LogP contribution in [0, 0.1) is 0 Å². The second-order valence-corrected chi connectivity index (χ2v) is 4.46. The van der Waals surface area contributed by atoms with Gasteiger partial charge in [0.05, 0.1) is 0 Å². The Balaban J connectivity index is 2.14. The van der Waals surface area contributed by atoms with E-state index in [1.807, 2.05) is 0 Å². The summed E-state index contributed by atoms with van der Waals surface area (Å²) in [5.41, 5.74) is 0.799. The summed E-state index contributed by atoms with van der Waals surface area (Å²) in [7, 11) is 0. The van der Waals surface area contributed by atoms with Crippen LogP contribution in [0.25, 0.3) is 6.08 Å². The van der Waals surface area contributed by atoms with Gasteiger partial charge in [-0.1, -0.05) is 12.7 Å². The summed E-state index contributed by atoms with van der Waals surface area (Å²) in [4.78, 5) is 19.4. The second kappa shape index (κ2) is 5.27. The molecule has 2 rings (SSSR count). The molecule has 0 spiro atoms. The molecule has 0 aromatic carbocycles. The van der Waals surface area contributed by atoms with Crippen LogP contribution in [0.2, 0.25) is 5.28 Å². The number of anilines is 1. The molecule has 1 N–H and O–H groups in total. The molecule has 0 saturated heterocycles. The fourth-order valence-electron chi connectivity index (χ4n) is 1.98. The third kappa shape index (κ3) is 3.03. The Labute approximate surface area is 105 Å². The zero-order chi connectivity index (χ0) is 12.3. The van der Waals surface area contributed by atoms with Crippen LogP contribution in [0.5, 0.6) is 0 Å². The molecule has 0 aliphatic heterocycles. The Bertz CT molecular complexity index is 447. The highest BCUT2D eigenvalue weighted by Crippen LogP contribution is 2.22. The van der Waals surface area contributed by atoms with E-state index in [2.05, 4.69) is 21.9 Å². The van der Waals surface area contributed by atoms with E-state index in [4.69, 9.17) is 11.6 Å². The molecule has 1 aromatic rings. The Kier molecular flexibility index (Phi) is 3.74.